The van der Waals surface area contributed by atoms with E-state index in [1.165, 1.54) is 19.2 Å². The standard InChI is InChI=1S/C12H9ClF2N2/c1-7-4-10(15)11(6-9(7)14)17-8-2-3-16-12(13)5-8/h2-6H,1H3,(H,16,17). The van der Waals surface area contributed by atoms with Crippen LogP contribution >= 0.6 is 11.6 Å². The number of aromatic nitrogens is 1. The van der Waals surface area contributed by atoms with E-state index in [-0.39, 0.29) is 16.4 Å². The summed E-state index contributed by atoms with van der Waals surface area (Å²) in [5.74, 6) is -0.981. The number of hydrogen-bond acceptors (Lipinski definition) is 2. The van der Waals surface area contributed by atoms with Crippen LogP contribution in [0.5, 0.6) is 0 Å². The highest BCUT2D eigenvalue weighted by Gasteiger charge is 2.07. The van der Waals surface area contributed by atoms with E-state index in [4.69, 9.17) is 11.6 Å². The lowest BCUT2D eigenvalue weighted by Crippen LogP contribution is -1.96. The molecule has 2 aromatic rings. The summed E-state index contributed by atoms with van der Waals surface area (Å²) in [7, 11) is 0. The van der Waals surface area contributed by atoms with Crippen molar-refractivity contribution in [3.05, 3.63) is 52.8 Å². The van der Waals surface area contributed by atoms with Gasteiger partial charge in [0, 0.05) is 18.0 Å². The molecule has 0 unspecified atom stereocenters. The maximum atomic E-state index is 13.5. The predicted molar refractivity (Wildman–Crippen MR) is 63.6 cm³/mol. The van der Waals surface area contributed by atoms with Gasteiger partial charge in [-0.3, -0.25) is 0 Å². The molecular weight excluding hydrogens is 246 g/mol. The second kappa shape index (κ2) is 4.67. The molecule has 0 atom stereocenters. The van der Waals surface area contributed by atoms with Crippen molar-refractivity contribution in [1.82, 2.24) is 4.98 Å². The van der Waals surface area contributed by atoms with Gasteiger partial charge in [-0.05, 0) is 30.7 Å². The number of pyridine rings is 1. The fourth-order valence-corrected chi connectivity index (χ4v) is 1.55. The van der Waals surface area contributed by atoms with Crippen molar-refractivity contribution in [3.63, 3.8) is 0 Å². The van der Waals surface area contributed by atoms with Gasteiger partial charge in [0.1, 0.15) is 16.8 Å². The molecule has 0 radical (unpaired) electrons. The summed E-state index contributed by atoms with van der Waals surface area (Å²) < 4.78 is 26.8. The van der Waals surface area contributed by atoms with Crippen LogP contribution in [0.1, 0.15) is 5.56 Å². The Kier molecular flexibility index (Phi) is 3.24. The number of rotatable bonds is 2. The van der Waals surface area contributed by atoms with Crippen molar-refractivity contribution >= 4 is 23.0 Å². The normalized spacial score (nSPS) is 10.4. The van der Waals surface area contributed by atoms with Crippen LogP contribution in [0.15, 0.2) is 30.5 Å². The summed E-state index contributed by atoms with van der Waals surface area (Å²) in [4.78, 5) is 3.79. The quantitative estimate of drug-likeness (QED) is 0.818. The Bertz CT molecular complexity index is 558. The molecular formula is C12H9ClF2N2. The van der Waals surface area contributed by atoms with Gasteiger partial charge in [0.15, 0.2) is 0 Å². The lowest BCUT2D eigenvalue weighted by atomic mass is 10.2. The average molecular weight is 255 g/mol. The van der Waals surface area contributed by atoms with Crippen LogP contribution in [0, 0.1) is 18.6 Å². The lowest BCUT2D eigenvalue weighted by molar-refractivity contribution is 0.595. The second-order valence-electron chi connectivity index (χ2n) is 3.57. The Hall–Kier alpha value is -1.68. The average Bonchev–Trinajstić information content (AvgIpc) is 2.26. The zero-order valence-corrected chi connectivity index (χ0v) is 9.72. The van der Waals surface area contributed by atoms with Gasteiger partial charge in [-0.25, -0.2) is 13.8 Å². The molecule has 5 heteroatoms. The Morgan fingerprint density at radius 3 is 2.65 bits per heavy atom. The highest BCUT2D eigenvalue weighted by Crippen LogP contribution is 2.23. The first-order valence-electron chi connectivity index (χ1n) is 4.90. The number of nitrogens with zero attached hydrogens (tertiary/aromatic N) is 1. The largest absolute Gasteiger partial charge is 0.353 e. The monoisotopic (exact) mass is 254 g/mol. The Morgan fingerprint density at radius 2 is 1.94 bits per heavy atom. The number of anilines is 2. The molecule has 1 N–H and O–H groups in total. The molecule has 0 bridgehead atoms. The molecule has 17 heavy (non-hydrogen) atoms. The molecule has 0 aliphatic rings. The number of benzene rings is 1. The van der Waals surface area contributed by atoms with Gasteiger partial charge in [0.05, 0.1) is 5.69 Å². The van der Waals surface area contributed by atoms with Crippen molar-refractivity contribution < 1.29 is 8.78 Å². The zero-order chi connectivity index (χ0) is 12.4. The summed E-state index contributed by atoms with van der Waals surface area (Å²) >= 11 is 5.69. The fraction of sp³-hybridized carbons (Fsp3) is 0.0833. The molecule has 0 aliphatic heterocycles. The van der Waals surface area contributed by atoms with E-state index in [2.05, 4.69) is 10.3 Å². The van der Waals surface area contributed by atoms with Crippen LogP contribution < -0.4 is 5.32 Å². The molecule has 2 rings (SSSR count). The zero-order valence-electron chi connectivity index (χ0n) is 8.97. The Balaban J connectivity index is 2.33. The number of aryl methyl sites for hydroxylation is 1. The smallest absolute Gasteiger partial charge is 0.147 e. The van der Waals surface area contributed by atoms with Crippen molar-refractivity contribution in [2.75, 3.05) is 5.32 Å². The summed E-state index contributed by atoms with van der Waals surface area (Å²) in [6.07, 6.45) is 1.48. The molecule has 0 saturated carbocycles. The fourth-order valence-electron chi connectivity index (χ4n) is 1.38. The SMILES string of the molecule is Cc1cc(F)c(Nc2ccnc(Cl)c2)cc1F. The summed E-state index contributed by atoms with van der Waals surface area (Å²) in [5.41, 5.74) is 0.878. The third-order valence-corrected chi connectivity index (χ3v) is 2.46. The number of hydrogen-bond donors (Lipinski definition) is 1. The topological polar surface area (TPSA) is 24.9 Å². The number of nitrogens with one attached hydrogen (secondary N) is 1. The maximum Gasteiger partial charge on any atom is 0.147 e. The van der Waals surface area contributed by atoms with E-state index in [1.54, 1.807) is 6.07 Å². The minimum Gasteiger partial charge on any atom is -0.353 e. The van der Waals surface area contributed by atoms with Crippen molar-refractivity contribution in [2.45, 2.75) is 6.92 Å². The molecule has 0 aliphatic carbocycles. The van der Waals surface area contributed by atoms with Crippen LogP contribution in [-0.2, 0) is 0 Å². The van der Waals surface area contributed by atoms with Crippen molar-refractivity contribution in [2.24, 2.45) is 0 Å². The highest BCUT2D eigenvalue weighted by molar-refractivity contribution is 6.29. The molecule has 0 saturated heterocycles. The van der Waals surface area contributed by atoms with E-state index in [1.807, 2.05) is 0 Å². The summed E-state index contributed by atoms with van der Waals surface area (Å²) in [6, 6.07) is 5.39. The van der Waals surface area contributed by atoms with Gasteiger partial charge < -0.3 is 5.32 Å². The van der Waals surface area contributed by atoms with E-state index in [0.29, 0.717) is 5.69 Å². The van der Waals surface area contributed by atoms with E-state index < -0.39 is 11.6 Å². The molecule has 0 amide bonds. The minimum absolute atomic E-state index is 0.0652. The Morgan fingerprint density at radius 1 is 1.18 bits per heavy atom. The van der Waals surface area contributed by atoms with E-state index in [9.17, 15) is 8.78 Å². The lowest BCUT2D eigenvalue weighted by Gasteiger charge is -2.08. The maximum absolute atomic E-state index is 13.5. The highest BCUT2D eigenvalue weighted by atomic mass is 35.5. The van der Waals surface area contributed by atoms with Gasteiger partial charge >= 0.3 is 0 Å². The van der Waals surface area contributed by atoms with Gasteiger partial charge in [0.2, 0.25) is 0 Å². The second-order valence-corrected chi connectivity index (χ2v) is 3.96. The minimum atomic E-state index is -0.517. The van der Waals surface area contributed by atoms with Gasteiger partial charge in [-0.15, -0.1) is 0 Å². The van der Waals surface area contributed by atoms with E-state index in [0.717, 1.165) is 12.1 Å². The van der Waals surface area contributed by atoms with Gasteiger partial charge in [-0.1, -0.05) is 11.6 Å². The van der Waals surface area contributed by atoms with Crippen LogP contribution in [0.2, 0.25) is 5.15 Å². The van der Waals surface area contributed by atoms with Crippen LogP contribution in [0.25, 0.3) is 0 Å². The molecule has 2 nitrogen and oxygen atoms in total. The molecule has 1 aromatic carbocycles. The third kappa shape index (κ3) is 2.71. The van der Waals surface area contributed by atoms with E-state index >= 15 is 0 Å². The number of halogens is 3. The van der Waals surface area contributed by atoms with Crippen molar-refractivity contribution in [1.29, 1.82) is 0 Å². The molecule has 88 valence electrons. The third-order valence-electron chi connectivity index (χ3n) is 2.25. The summed E-state index contributed by atoms with van der Waals surface area (Å²) in [5, 5.41) is 3.02. The first-order chi connectivity index (χ1) is 8.06. The molecule has 1 aromatic heterocycles. The molecule has 0 fully saturated rings. The Labute approximate surface area is 102 Å². The van der Waals surface area contributed by atoms with Crippen LogP contribution in [0.4, 0.5) is 20.2 Å². The first-order valence-corrected chi connectivity index (χ1v) is 5.28. The molecule has 1 heterocycles. The van der Waals surface area contributed by atoms with Crippen molar-refractivity contribution in [3.8, 4) is 0 Å². The van der Waals surface area contributed by atoms with Gasteiger partial charge in [-0.2, -0.15) is 0 Å². The summed E-state index contributed by atoms with van der Waals surface area (Å²) in [6.45, 7) is 1.51. The first kappa shape index (κ1) is 11.8. The van der Waals surface area contributed by atoms with Crippen LogP contribution in [-0.4, -0.2) is 4.98 Å². The molecule has 0 spiro atoms. The van der Waals surface area contributed by atoms with Crippen LogP contribution in [0.3, 0.4) is 0 Å². The predicted octanol–water partition coefficient (Wildman–Crippen LogP) is 4.07. The van der Waals surface area contributed by atoms with Gasteiger partial charge in [0.25, 0.3) is 0 Å².